The lowest BCUT2D eigenvalue weighted by Crippen LogP contribution is -2.44. The average molecular weight is 472 g/mol. The molecule has 0 unspecified atom stereocenters. The van der Waals surface area contributed by atoms with Crippen molar-refractivity contribution in [2.24, 2.45) is 5.92 Å². The van der Waals surface area contributed by atoms with Crippen molar-refractivity contribution in [2.45, 2.75) is 26.4 Å². The number of nitrogens with zero attached hydrogens (tertiary/aromatic N) is 1. The molecule has 0 radical (unpaired) electrons. The highest BCUT2D eigenvalue weighted by molar-refractivity contribution is 6.05. The fourth-order valence-electron chi connectivity index (χ4n) is 4.49. The number of rotatable bonds is 6. The minimum atomic E-state index is -1.00. The predicted octanol–water partition coefficient (Wildman–Crippen LogP) is 4.40. The van der Waals surface area contributed by atoms with E-state index in [1.807, 2.05) is 24.3 Å². The van der Waals surface area contributed by atoms with Crippen molar-refractivity contribution in [1.29, 1.82) is 0 Å². The largest absolute Gasteiger partial charge is 0.480 e. The number of ether oxygens (including phenoxy) is 2. The maximum absolute atomic E-state index is 13.0. The molecule has 2 amide bonds. The van der Waals surface area contributed by atoms with Crippen molar-refractivity contribution in [2.75, 3.05) is 12.1 Å². The number of anilines is 1. The highest BCUT2D eigenvalue weighted by Crippen LogP contribution is 2.33. The standard InChI is InChI=1S/C27H24N2O6/c1-15(2)24(27(32)33)29-13-19-4-3-17(11-21(19)26(29)31)16-5-8-20(9-6-16)28-25(30)18-7-10-22-23(12-18)35-14-34-22/h3-12,15,24H,13-14H2,1-2H3,(H,28,30)(H,32,33)/t24-/m0/s1. The quantitative estimate of drug-likeness (QED) is 0.551. The summed E-state index contributed by atoms with van der Waals surface area (Å²) in [5, 5.41) is 12.5. The number of nitrogens with one attached hydrogen (secondary N) is 1. The summed E-state index contributed by atoms with van der Waals surface area (Å²) in [6, 6.07) is 17.1. The van der Waals surface area contributed by atoms with E-state index >= 15 is 0 Å². The van der Waals surface area contributed by atoms with Gasteiger partial charge in [0.25, 0.3) is 11.8 Å². The van der Waals surface area contributed by atoms with Crippen molar-refractivity contribution < 1.29 is 29.0 Å². The molecule has 0 aromatic heterocycles. The number of aliphatic carboxylic acids is 1. The van der Waals surface area contributed by atoms with Gasteiger partial charge < -0.3 is 24.8 Å². The van der Waals surface area contributed by atoms with Crippen molar-refractivity contribution in [1.82, 2.24) is 4.90 Å². The maximum Gasteiger partial charge on any atom is 0.326 e. The van der Waals surface area contributed by atoms with E-state index in [2.05, 4.69) is 5.32 Å². The topological polar surface area (TPSA) is 105 Å². The molecular formula is C27H24N2O6. The van der Waals surface area contributed by atoms with Crippen molar-refractivity contribution in [3.05, 3.63) is 77.4 Å². The molecule has 8 nitrogen and oxygen atoms in total. The summed E-state index contributed by atoms with van der Waals surface area (Å²) in [4.78, 5) is 38.8. The van der Waals surface area contributed by atoms with Crippen LogP contribution in [0.4, 0.5) is 5.69 Å². The minimum Gasteiger partial charge on any atom is -0.480 e. The van der Waals surface area contributed by atoms with Crippen LogP contribution in [0.5, 0.6) is 11.5 Å². The zero-order valence-corrected chi connectivity index (χ0v) is 19.3. The van der Waals surface area contributed by atoms with Gasteiger partial charge in [0.2, 0.25) is 6.79 Å². The number of amides is 2. The molecule has 0 spiro atoms. The molecule has 8 heteroatoms. The van der Waals surface area contributed by atoms with Gasteiger partial charge in [-0.25, -0.2) is 4.79 Å². The first-order valence-electron chi connectivity index (χ1n) is 11.3. The molecule has 2 aliphatic rings. The number of carbonyl (C=O) groups excluding carboxylic acids is 2. The zero-order chi connectivity index (χ0) is 24.7. The molecule has 1 atom stereocenters. The van der Waals surface area contributed by atoms with Crippen LogP contribution in [0.3, 0.4) is 0 Å². The van der Waals surface area contributed by atoms with E-state index in [0.29, 0.717) is 28.3 Å². The first kappa shape index (κ1) is 22.5. The Balaban J connectivity index is 1.31. The molecule has 0 bridgehead atoms. The Bertz CT molecular complexity index is 1330. The van der Waals surface area contributed by atoms with Gasteiger partial charge in [-0.3, -0.25) is 9.59 Å². The Morgan fingerprint density at radius 1 is 0.943 bits per heavy atom. The van der Waals surface area contributed by atoms with Crippen LogP contribution < -0.4 is 14.8 Å². The van der Waals surface area contributed by atoms with Crippen molar-refractivity contribution in [3.8, 4) is 22.6 Å². The summed E-state index contributed by atoms with van der Waals surface area (Å²) in [6.45, 7) is 4.03. The number of carboxylic acid groups (broad SMARTS) is 1. The second-order valence-corrected chi connectivity index (χ2v) is 8.93. The molecule has 0 saturated heterocycles. The first-order chi connectivity index (χ1) is 16.8. The Hall–Kier alpha value is -4.33. The Labute approximate surface area is 202 Å². The molecule has 178 valence electrons. The van der Waals surface area contributed by atoms with Crippen LogP contribution in [-0.2, 0) is 11.3 Å². The van der Waals surface area contributed by atoms with Gasteiger partial charge in [-0.2, -0.15) is 0 Å². The number of carboxylic acids is 1. The summed E-state index contributed by atoms with van der Waals surface area (Å²) >= 11 is 0. The molecule has 5 rings (SSSR count). The SMILES string of the molecule is CC(C)[C@@H](C(=O)O)N1Cc2ccc(-c3ccc(NC(=O)c4ccc5c(c4)OCO5)cc3)cc2C1=O. The van der Waals surface area contributed by atoms with Crippen LogP contribution in [0.1, 0.15) is 40.1 Å². The molecule has 2 aliphatic heterocycles. The molecule has 2 N–H and O–H groups in total. The van der Waals surface area contributed by atoms with Gasteiger partial charge in [-0.15, -0.1) is 0 Å². The van der Waals surface area contributed by atoms with E-state index in [1.54, 1.807) is 50.2 Å². The van der Waals surface area contributed by atoms with E-state index in [9.17, 15) is 19.5 Å². The lowest BCUT2D eigenvalue weighted by atomic mass is 10.00. The monoisotopic (exact) mass is 472 g/mol. The Morgan fingerprint density at radius 2 is 1.66 bits per heavy atom. The Morgan fingerprint density at radius 3 is 2.37 bits per heavy atom. The van der Waals surface area contributed by atoms with Crippen LogP contribution in [-0.4, -0.2) is 40.6 Å². The molecule has 0 fully saturated rings. The van der Waals surface area contributed by atoms with E-state index in [4.69, 9.17) is 9.47 Å². The number of fused-ring (bicyclic) bond motifs is 2. The lowest BCUT2D eigenvalue weighted by molar-refractivity contribution is -0.144. The normalized spacial score (nSPS) is 14.7. The van der Waals surface area contributed by atoms with E-state index in [0.717, 1.165) is 16.7 Å². The summed E-state index contributed by atoms with van der Waals surface area (Å²) in [5.74, 6) is -0.580. The zero-order valence-electron chi connectivity index (χ0n) is 19.3. The van der Waals surface area contributed by atoms with Gasteiger partial charge in [0.05, 0.1) is 0 Å². The molecule has 0 aliphatic carbocycles. The van der Waals surface area contributed by atoms with Crippen LogP contribution in [0.15, 0.2) is 60.7 Å². The van der Waals surface area contributed by atoms with Crippen LogP contribution >= 0.6 is 0 Å². The number of hydrogen-bond donors (Lipinski definition) is 2. The second kappa shape index (κ2) is 8.79. The molecule has 35 heavy (non-hydrogen) atoms. The Kier molecular flexibility index (Phi) is 5.64. The van der Waals surface area contributed by atoms with Crippen molar-refractivity contribution >= 4 is 23.5 Å². The van der Waals surface area contributed by atoms with Crippen molar-refractivity contribution in [3.63, 3.8) is 0 Å². The average Bonchev–Trinajstić information content (AvgIpc) is 3.43. The van der Waals surface area contributed by atoms with Gasteiger partial charge in [0, 0.05) is 23.4 Å². The van der Waals surface area contributed by atoms with E-state index < -0.39 is 12.0 Å². The second-order valence-electron chi connectivity index (χ2n) is 8.93. The molecule has 3 aromatic rings. The third kappa shape index (κ3) is 4.19. The van der Waals surface area contributed by atoms with E-state index in [-0.39, 0.29) is 31.1 Å². The van der Waals surface area contributed by atoms with Gasteiger partial charge in [0.1, 0.15) is 6.04 Å². The molecule has 0 saturated carbocycles. The third-order valence-corrected chi connectivity index (χ3v) is 6.27. The maximum atomic E-state index is 13.0. The summed E-state index contributed by atoms with van der Waals surface area (Å²) in [5.41, 5.74) is 4.14. The third-order valence-electron chi connectivity index (χ3n) is 6.27. The van der Waals surface area contributed by atoms with Gasteiger partial charge in [-0.1, -0.05) is 38.1 Å². The summed E-state index contributed by atoms with van der Waals surface area (Å²) in [6.07, 6.45) is 0. The van der Waals surface area contributed by atoms with Gasteiger partial charge in [0.15, 0.2) is 11.5 Å². The van der Waals surface area contributed by atoms with E-state index in [1.165, 1.54) is 4.90 Å². The predicted molar refractivity (Wildman–Crippen MR) is 129 cm³/mol. The van der Waals surface area contributed by atoms with Crippen LogP contribution in [0, 0.1) is 5.92 Å². The highest BCUT2D eigenvalue weighted by atomic mass is 16.7. The molecule has 2 heterocycles. The number of benzene rings is 3. The van der Waals surface area contributed by atoms with Crippen LogP contribution in [0.25, 0.3) is 11.1 Å². The number of hydrogen-bond acceptors (Lipinski definition) is 5. The first-order valence-corrected chi connectivity index (χ1v) is 11.3. The summed E-state index contributed by atoms with van der Waals surface area (Å²) in [7, 11) is 0. The summed E-state index contributed by atoms with van der Waals surface area (Å²) < 4.78 is 10.6. The molecular weight excluding hydrogens is 448 g/mol. The fraction of sp³-hybridized carbons (Fsp3) is 0.222. The minimum absolute atomic E-state index is 0.145. The number of carbonyl (C=O) groups is 3. The molecule has 3 aromatic carbocycles. The lowest BCUT2D eigenvalue weighted by Gasteiger charge is -2.27. The fourth-order valence-corrected chi connectivity index (χ4v) is 4.49. The smallest absolute Gasteiger partial charge is 0.326 e. The van der Waals surface area contributed by atoms with Gasteiger partial charge in [-0.05, 0) is 59.0 Å². The highest BCUT2D eigenvalue weighted by Gasteiger charge is 2.38. The van der Waals surface area contributed by atoms with Gasteiger partial charge >= 0.3 is 5.97 Å². The van der Waals surface area contributed by atoms with Crippen LogP contribution in [0.2, 0.25) is 0 Å².